The molecule has 0 spiro atoms. The summed E-state index contributed by atoms with van der Waals surface area (Å²) < 4.78 is 23.9. The monoisotopic (exact) mass is 309 g/mol. The van der Waals surface area contributed by atoms with Crippen molar-refractivity contribution in [1.29, 1.82) is 0 Å². The van der Waals surface area contributed by atoms with Gasteiger partial charge >= 0.3 is 6.03 Å². The standard InChI is InChI=1S/C15H20FN3O3/c16-13-2-1-3-14(18-13)22-12-4-7-19(10-12)15(20)17-11-5-8-21-9-6-11/h1-3,11-12H,4-10H2,(H,17,20). The van der Waals surface area contributed by atoms with Crippen LogP contribution in [0.25, 0.3) is 0 Å². The normalized spacial score (nSPS) is 22.6. The summed E-state index contributed by atoms with van der Waals surface area (Å²) in [4.78, 5) is 17.6. The molecule has 120 valence electrons. The van der Waals surface area contributed by atoms with E-state index in [2.05, 4.69) is 10.3 Å². The summed E-state index contributed by atoms with van der Waals surface area (Å²) in [5.74, 6) is -0.304. The van der Waals surface area contributed by atoms with Gasteiger partial charge in [0.2, 0.25) is 11.8 Å². The number of nitrogens with zero attached hydrogens (tertiary/aromatic N) is 2. The van der Waals surface area contributed by atoms with Crippen LogP contribution in [0.15, 0.2) is 18.2 Å². The van der Waals surface area contributed by atoms with Crippen molar-refractivity contribution in [2.45, 2.75) is 31.4 Å². The number of amides is 2. The van der Waals surface area contributed by atoms with Gasteiger partial charge in [-0.1, -0.05) is 6.07 Å². The Hall–Kier alpha value is -1.89. The molecule has 2 aliphatic heterocycles. The maximum Gasteiger partial charge on any atom is 0.317 e. The summed E-state index contributed by atoms with van der Waals surface area (Å²) in [7, 11) is 0. The van der Waals surface area contributed by atoms with Gasteiger partial charge in [0.1, 0.15) is 6.10 Å². The van der Waals surface area contributed by atoms with Crippen molar-refractivity contribution in [2.75, 3.05) is 26.3 Å². The molecular formula is C15H20FN3O3. The number of carbonyl (C=O) groups is 1. The van der Waals surface area contributed by atoms with Gasteiger partial charge in [0, 0.05) is 38.3 Å². The Balaban J connectivity index is 1.48. The highest BCUT2D eigenvalue weighted by atomic mass is 19.1. The van der Waals surface area contributed by atoms with E-state index in [1.807, 2.05) is 0 Å². The molecule has 0 aliphatic carbocycles. The van der Waals surface area contributed by atoms with E-state index in [9.17, 15) is 9.18 Å². The minimum Gasteiger partial charge on any atom is -0.472 e. The Bertz CT molecular complexity index is 523. The number of hydrogen-bond acceptors (Lipinski definition) is 4. The van der Waals surface area contributed by atoms with Crippen LogP contribution in [-0.4, -0.2) is 54.4 Å². The average Bonchev–Trinajstić information content (AvgIpc) is 2.97. The lowest BCUT2D eigenvalue weighted by molar-refractivity contribution is 0.0782. The highest BCUT2D eigenvalue weighted by Crippen LogP contribution is 2.17. The lowest BCUT2D eigenvalue weighted by Gasteiger charge is -2.26. The highest BCUT2D eigenvalue weighted by molar-refractivity contribution is 5.74. The molecule has 0 saturated carbocycles. The number of urea groups is 1. The van der Waals surface area contributed by atoms with Crippen molar-refractivity contribution in [1.82, 2.24) is 15.2 Å². The largest absolute Gasteiger partial charge is 0.472 e. The molecule has 3 rings (SSSR count). The number of aromatic nitrogens is 1. The van der Waals surface area contributed by atoms with Crippen molar-refractivity contribution in [3.63, 3.8) is 0 Å². The van der Waals surface area contributed by atoms with Gasteiger partial charge in [-0.3, -0.25) is 0 Å². The van der Waals surface area contributed by atoms with Crippen LogP contribution < -0.4 is 10.1 Å². The molecular weight excluding hydrogens is 289 g/mol. The first-order chi connectivity index (χ1) is 10.7. The minimum absolute atomic E-state index is 0.0646. The van der Waals surface area contributed by atoms with Gasteiger partial charge in [-0.15, -0.1) is 0 Å². The van der Waals surface area contributed by atoms with Gasteiger partial charge < -0.3 is 19.7 Å². The Kier molecular flexibility index (Phi) is 4.72. The zero-order chi connectivity index (χ0) is 15.4. The van der Waals surface area contributed by atoms with Crippen molar-refractivity contribution in [2.24, 2.45) is 0 Å². The summed E-state index contributed by atoms with van der Waals surface area (Å²) in [6, 6.07) is 4.57. The molecule has 7 heteroatoms. The molecule has 0 aromatic carbocycles. The van der Waals surface area contributed by atoms with Gasteiger partial charge in [0.15, 0.2) is 0 Å². The number of nitrogens with one attached hydrogen (secondary N) is 1. The fourth-order valence-electron chi connectivity index (χ4n) is 2.74. The molecule has 1 unspecified atom stereocenters. The maximum absolute atomic E-state index is 13.0. The molecule has 2 saturated heterocycles. The van der Waals surface area contributed by atoms with Crippen molar-refractivity contribution >= 4 is 6.03 Å². The third-order valence-electron chi connectivity index (χ3n) is 3.96. The first-order valence-corrected chi connectivity index (χ1v) is 7.63. The fraction of sp³-hybridized carbons (Fsp3) is 0.600. The summed E-state index contributed by atoms with van der Waals surface area (Å²) in [6.07, 6.45) is 2.29. The molecule has 2 amide bonds. The number of likely N-dealkylation sites (tertiary alicyclic amines) is 1. The lowest BCUT2D eigenvalue weighted by atomic mass is 10.1. The Morgan fingerprint density at radius 3 is 2.95 bits per heavy atom. The zero-order valence-electron chi connectivity index (χ0n) is 12.3. The maximum atomic E-state index is 13.0. The number of ether oxygens (including phenoxy) is 2. The second kappa shape index (κ2) is 6.91. The van der Waals surface area contributed by atoms with Gasteiger partial charge in [-0.05, 0) is 18.9 Å². The number of halogens is 1. The fourth-order valence-corrected chi connectivity index (χ4v) is 2.74. The van der Waals surface area contributed by atoms with Gasteiger partial charge in [-0.25, -0.2) is 4.79 Å². The molecule has 22 heavy (non-hydrogen) atoms. The topological polar surface area (TPSA) is 63.7 Å². The number of hydrogen-bond donors (Lipinski definition) is 1. The molecule has 3 heterocycles. The average molecular weight is 309 g/mol. The number of rotatable bonds is 3. The second-order valence-electron chi connectivity index (χ2n) is 5.61. The van der Waals surface area contributed by atoms with Crippen molar-refractivity contribution < 1.29 is 18.7 Å². The van der Waals surface area contributed by atoms with Gasteiger partial charge in [0.25, 0.3) is 0 Å². The van der Waals surface area contributed by atoms with E-state index < -0.39 is 5.95 Å². The molecule has 1 atom stereocenters. The molecule has 2 fully saturated rings. The Morgan fingerprint density at radius 2 is 2.18 bits per heavy atom. The third-order valence-corrected chi connectivity index (χ3v) is 3.96. The highest BCUT2D eigenvalue weighted by Gasteiger charge is 2.29. The van der Waals surface area contributed by atoms with Crippen molar-refractivity contribution in [3.8, 4) is 5.88 Å². The Labute approximate surface area is 128 Å². The summed E-state index contributed by atoms with van der Waals surface area (Å²) in [5.41, 5.74) is 0. The summed E-state index contributed by atoms with van der Waals surface area (Å²) in [6.45, 7) is 2.52. The van der Waals surface area contributed by atoms with Crippen LogP contribution in [0.5, 0.6) is 5.88 Å². The smallest absolute Gasteiger partial charge is 0.317 e. The van der Waals surface area contributed by atoms with Crippen LogP contribution in [0.4, 0.5) is 9.18 Å². The summed E-state index contributed by atoms with van der Waals surface area (Å²) in [5, 5.41) is 3.03. The third kappa shape index (κ3) is 3.85. The first kappa shape index (κ1) is 15.0. The summed E-state index contributed by atoms with van der Waals surface area (Å²) >= 11 is 0. The minimum atomic E-state index is -0.565. The number of carbonyl (C=O) groups excluding carboxylic acids is 1. The van der Waals surface area contributed by atoms with E-state index in [0.717, 1.165) is 19.3 Å². The van der Waals surface area contributed by atoms with Gasteiger partial charge in [-0.2, -0.15) is 9.37 Å². The van der Waals surface area contributed by atoms with Crippen LogP contribution in [0, 0.1) is 5.95 Å². The van der Waals surface area contributed by atoms with E-state index >= 15 is 0 Å². The van der Waals surface area contributed by atoms with Crippen LogP contribution in [0.2, 0.25) is 0 Å². The lowest BCUT2D eigenvalue weighted by Crippen LogP contribution is -2.46. The van der Waals surface area contributed by atoms with E-state index in [0.29, 0.717) is 26.3 Å². The molecule has 6 nitrogen and oxygen atoms in total. The first-order valence-electron chi connectivity index (χ1n) is 7.63. The van der Waals surface area contributed by atoms with E-state index in [4.69, 9.17) is 9.47 Å². The predicted octanol–water partition coefficient (Wildman–Crippen LogP) is 1.56. The second-order valence-corrected chi connectivity index (χ2v) is 5.61. The van der Waals surface area contributed by atoms with E-state index in [1.165, 1.54) is 6.07 Å². The Morgan fingerprint density at radius 1 is 1.36 bits per heavy atom. The molecule has 1 aromatic rings. The molecule has 0 bridgehead atoms. The predicted molar refractivity (Wildman–Crippen MR) is 77.2 cm³/mol. The molecule has 1 N–H and O–H groups in total. The van der Waals surface area contributed by atoms with Crippen LogP contribution in [0.1, 0.15) is 19.3 Å². The van der Waals surface area contributed by atoms with Crippen LogP contribution >= 0.6 is 0 Å². The van der Waals surface area contributed by atoms with Crippen molar-refractivity contribution in [3.05, 3.63) is 24.1 Å². The zero-order valence-corrected chi connectivity index (χ0v) is 12.3. The van der Waals surface area contributed by atoms with E-state index in [-0.39, 0.29) is 24.1 Å². The molecule has 1 aromatic heterocycles. The number of pyridine rings is 1. The SMILES string of the molecule is O=C(NC1CCOCC1)N1CCC(Oc2cccc(F)n2)C1. The van der Waals surface area contributed by atoms with Crippen LogP contribution in [-0.2, 0) is 4.74 Å². The molecule has 0 radical (unpaired) electrons. The van der Waals surface area contributed by atoms with E-state index in [1.54, 1.807) is 17.0 Å². The molecule has 2 aliphatic rings. The van der Waals surface area contributed by atoms with Crippen LogP contribution in [0.3, 0.4) is 0 Å². The quantitative estimate of drug-likeness (QED) is 0.861. The van der Waals surface area contributed by atoms with Gasteiger partial charge in [0.05, 0.1) is 6.54 Å².